The summed E-state index contributed by atoms with van der Waals surface area (Å²) in [6.45, 7) is 8.00. The molecule has 0 saturated carbocycles. The van der Waals surface area contributed by atoms with E-state index in [1.165, 1.54) is 0 Å². The van der Waals surface area contributed by atoms with Gasteiger partial charge in [-0.1, -0.05) is 0 Å². The van der Waals surface area contributed by atoms with Crippen LogP contribution in [0.3, 0.4) is 0 Å². The van der Waals surface area contributed by atoms with Gasteiger partial charge in [0.25, 0.3) is 0 Å². The molecule has 3 rings (SSSR count). The van der Waals surface area contributed by atoms with E-state index in [-0.39, 0.29) is 11.8 Å². The molecule has 0 unspecified atom stereocenters. The van der Waals surface area contributed by atoms with Gasteiger partial charge in [-0.05, 0) is 13.0 Å². The molecule has 1 aromatic heterocycles. The van der Waals surface area contributed by atoms with Crippen LogP contribution in [0.5, 0.6) is 0 Å². The van der Waals surface area contributed by atoms with Crippen LogP contribution in [0, 0.1) is 5.92 Å². The fourth-order valence-electron chi connectivity index (χ4n) is 3.29. The quantitative estimate of drug-likeness (QED) is 0.838. The summed E-state index contributed by atoms with van der Waals surface area (Å²) in [7, 11) is 0. The fraction of sp³-hybridized carbons (Fsp3) is 0.706. The van der Waals surface area contributed by atoms with Crippen LogP contribution in [0.25, 0.3) is 0 Å². The summed E-state index contributed by atoms with van der Waals surface area (Å²) in [5.41, 5.74) is 1.16. The van der Waals surface area contributed by atoms with Gasteiger partial charge in [-0.3, -0.25) is 9.69 Å². The molecule has 0 aromatic carbocycles. The molecule has 1 amide bonds. The van der Waals surface area contributed by atoms with Crippen LogP contribution in [0.4, 0.5) is 0 Å². The van der Waals surface area contributed by atoms with E-state index in [1.54, 1.807) is 12.5 Å². The third-order valence-electron chi connectivity index (χ3n) is 4.88. The highest BCUT2D eigenvalue weighted by Crippen LogP contribution is 2.22. The molecule has 2 aliphatic rings. The lowest BCUT2D eigenvalue weighted by Gasteiger charge is -2.33. The number of rotatable bonds is 4. The van der Waals surface area contributed by atoms with Crippen molar-refractivity contribution in [2.75, 3.05) is 46.1 Å². The second-order valence-electron chi connectivity index (χ2n) is 6.37. The van der Waals surface area contributed by atoms with E-state index in [4.69, 9.17) is 13.9 Å². The van der Waals surface area contributed by atoms with Crippen LogP contribution in [0.2, 0.25) is 0 Å². The van der Waals surface area contributed by atoms with Crippen LogP contribution in [-0.2, 0) is 20.8 Å². The Labute approximate surface area is 137 Å². The molecule has 0 bridgehead atoms. The molecule has 0 aliphatic carbocycles. The molecule has 6 nitrogen and oxygen atoms in total. The standard InChI is InChI=1S/C17H26N2O4/c1-14-16(10-17(20)18-3-7-21-8-4-18)13-23-9-5-19(14)11-15-2-6-22-12-15/h2,6,12,14,16H,3-5,7-11,13H2,1H3/t14-,16+/m1/s1. The maximum absolute atomic E-state index is 12.5. The third kappa shape index (κ3) is 4.34. The number of hydrogen-bond donors (Lipinski definition) is 0. The molecule has 3 heterocycles. The van der Waals surface area contributed by atoms with Crippen LogP contribution in [0.1, 0.15) is 18.9 Å². The summed E-state index contributed by atoms with van der Waals surface area (Å²) in [6.07, 6.45) is 4.03. The molecule has 2 fully saturated rings. The minimum Gasteiger partial charge on any atom is -0.472 e. The topological polar surface area (TPSA) is 55.2 Å². The smallest absolute Gasteiger partial charge is 0.223 e. The van der Waals surface area contributed by atoms with E-state index in [2.05, 4.69) is 11.8 Å². The molecule has 6 heteroatoms. The van der Waals surface area contributed by atoms with Gasteiger partial charge in [0, 0.05) is 50.1 Å². The Bertz CT molecular complexity index is 485. The van der Waals surface area contributed by atoms with Crippen molar-refractivity contribution in [1.29, 1.82) is 0 Å². The van der Waals surface area contributed by atoms with Gasteiger partial charge in [0.05, 0.1) is 39.0 Å². The van der Waals surface area contributed by atoms with Gasteiger partial charge < -0.3 is 18.8 Å². The normalized spacial score (nSPS) is 26.9. The van der Waals surface area contributed by atoms with Gasteiger partial charge in [-0.15, -0.1) is 0 Å². The van der Waals surface area contributed by atoms with E-state index >= 15 is 0 Å². The molecule has 2 atom stereocenters. The Kier molecular flexibility index (Phi) is 5.70. The highest BCUT2D eigenvalue weighted by molar-refractivity contribution is 5.76. The van der Waals surface area contributed by atoms with Crippen molar-refractivity contribution < 1.29 is 18.7 Å². The van der Waals surface area contributed by atoms with E-state index in [1.807, 2.05) is 11.0 Å². The zero-order chi connectivity index (χ0) is 16.1. The van der Waals surface area contributed by atoms with Crippen LogP contribution < -0.4 is 0 Å². The summed E-state index contributed by atoms with van der Waals surface area (Å²) in [5, 5.41) is 0. The number of carbonyl (C=O) groups excluding carboxylic acids is 1. The number of amides is 1. The lowest BCUT2D eigenvalue weighted by atomic mass is 9.96. The second-order valence-corrected chi connectivity index (χ2v) is 6.37. The van der Waals surface area contributed by atoms with Crippen LogP contribution in [0.15, 0.2) is 23.0 Å². The summed E-state index contributed by atoms with van der Waals surface area (Å²) in [6, 6.07) is 2.30. The molecular weight excluding hydrogens is 296 g/mol. The van der Waals surface area contributed by atoms with Gasteiger partial charge in [-0.25, -0.2) is 0 Å². The Morgan fingerprint density at radius 1 is 1.22 bits per heavy atom. The van der Waals surface area contributed by atoms with Crippen LogP contribution in [-0.4, -0.2) is 67.8 Å². The first-order valence-electron chi connectivity index (χ1n) is 8.42. The SMILES string of the molecule is C[C@@H]1[C@@H](CC(=O)N2CCOCC2)COCCN1Cc1ccoc1. The first kappa shape index (κ1) is 16.5. The second kappa shape index (κ2) is 7.95. The van der Waals surface area contributed by atoms with E-state index < -0.39 is 0 Å². The highest BCUT2D eigenvalue weighted by atomic mass is 16.5. The number of hydrogen-bond acceptors (Lipinski definition) is 5. The molecule has 0 radical (unpaired) electrons. The predicted octanol–water partition coefficient (Wildman–Crippen LogP) is 1.37. The maximum atomic E-state index is 12.5. The fourth-order valence-corrected chi connectivity index (χ4v) is 3.29. The summed E-state index contributed by atoms with van der Waals surface area (Å²) in [4.78, 5) is 16.8. The average molecular weight is 322 g/mol. The number of nitrogens with zero attached hydrogens (tertiary/aromatic N) is 2. The Hall–Kier alpha value is -1.37. The zero-order valence-corrected chi connectivity index (χ0v) is 13.8. The minimum absolute atomic E-state index is 0.221. The van der Waals surface area contributed by atoms with E-state index in [9.17, 15) is 4.79 Å². The molecule has 2 saturated heterocycles. The molecule has 0 N–H and O–H groups in total. The number of ether oxygens (including phenoxy) is 2. The number of morpholine rings is 1. The molecule has 128 valence electrons. The summed E-state index contributed by atoms with van der Waals surface area (Å²) < 4.78 is 16.2. The molecular formula is C17H26N2O4. The van der Waals surface area contributed by atoms with Crippen molar-refractivity contribution in [3.05, 3.63) is 24.2 Å². The molecule has 23 heavy (non-hydrogen) atoms. The first-order valence-corrected chi connectivity index (χ1v) is 8.42. The molecule has 0 spiro atoms. The van der Waals surface area contributed by atoms with Gasteiger partial charge in [0.2, 0.25) is 5.91 Å². The lowest BCUT2D eigenvalue weighted by Crippen LogP contribution is -2.44. The first-order chi connectivity index (χ1) is 11.2. The Morgan fingerprint density at radius 3 is 2.74 bits per heavy atom. The highest BCUT2D eigenvalue weighted by Gasteiger charge is 2.30. The Morgan fingerprint density at radius 2 is 2.00 bits per heavy atom. The summed E-state index contributed by atoms with van der Waals surface area (Å²) in [5.74, 6) is 0.443. The van der Waals surface area contributed by atoms with Crippen LogP contribution >= 0.6 is 0 Å². The lowest BCUT2D eigenvalue weighted by molar-refractivity contribution is -0.137. The van der Waals surface area contributed by atoms with Gasteiger partial charge in [0.1, 0.15) is 0 Å². The zero-order valence-electron chi connectivity index (χ0n) is 13.8. The summed E-state index contributed by atoms with van der Waals surface area (Å²) >= 11 is 0. The van der Waals surface area contributed by atoms with Crippen molar-refractivity contribution in [2.45, 2.75) is 25.9 Å². The molecule has 1 aromatic rings. The van der Waals surface area contributed by atoms with Crippen molar-refractivity contribution in [3.8, 4) is 0 Å². The van der Waals surface area contributed by atoms with Gasteiger partial charge in [0.15, 0.2) is 0 Å². The van der Waals surface area contributed by atoms with Crippen molar-refractivity contribution in [3.63, 3.8) is 0 Å². The number of carbonyl (C=O) groups is 1. The van der Waals surface area contributed by atoms with Gasteiger partial charge >= 0.3 is 0 Å². The van der Waals surface area contributed by atoms with E-state index in [0.717, 1.165) is 18.7 Å². The maximum Gasteiger partial charge on any atom is 0.223 e. The Balaban J connectivity index is 1.59. The van der Waals surface area contributed by atoms with E-state index in [0.29, 0.717) is 52.0 Å². The minimum atomic E-state index is 0.221. The average Bonchev–Trinajstić information content (AvgIpc) is 3.03. The monoisotopic (exact) mass is 322 g/mol. The van der Waals surface area contributed by atoms with Crippen molar-refractivity contribution in [1.82, 2.24) is 9.80 Å². The van der Waals surface area contributed by atoms with Crippen molar-refractivity contribution in [2.24, 2.45) is 5.92 Å². The van der Waals surface area contributed by atoms with Gasteiger partial charge in [-0.2, -0.15) is 0 Å². The number of furan rings is 1. The molecule has 2 aliphatic heterocycles. The largest absolute Gasteiger partial charge is 0.472 e. The van der Waals surface area contributed by atoms with Crippen molar-refractivity contribution >= 4 is 5.91 Å². The predicted molar refractivity (Wildman–Crippen MR) is 84.9 cm³/mol. The third-order valence-corrected chi connectivity index (χ3v) is 4.88.